The van der Waals surface area contributed by atoms with Crippen LogP contribution in [0.15, 0.2) is 82.8 Å². The largest absolute Gasteiger partial charge is 0.356 e. The molecule has 7 heteroatoms. The zero-order valence-corrected chi connectivity index (χ0v) is 21.9. The van der Waals surface area contributed by atoms with Gasteiger partial charge >= 0.3 is 0 Å². The maximum Gasteiger partial charge on any atom is 0.270 e. The molecule has 0 aliphatic carbocycles. The Balaban J connectivity index is 1.28. The molecule has 0 saturated heterocycles. The lowest BCUT2D eigenvalue weighted by Crippen LogP contribution is -2.44. The van der Waals surface area contributed by atoms with Crippen LogP contribution in [0.3, 0.4) is 0 Å². The van der Waals surface area contributed by atoms with Crippen LogP contribution in [0.5, 0.6) is 0 Å². The van der Waals surface area contributed by atoms with Crippen LogP contribution in [0, 0.1) is 13.8 Å². The van der Waals surface area contributed by atoms with Crippen LogP contribution in [0.25, 0.3) is 0 Å². The average molecular weight is 511 g/mol. The van der Waals surface area contributed by atoms with Crippen LogP contribution in [0.4, 0.5) is 5.69 Å². The lowest BCUT2D eigenvalue weighted by Gasteiger charge is -2.31. The highest BCUT2D eigenvalue weighted by molar-refractivity contribution is 8.13. The minimum absolute atomic E-state index is 0.0592. The van der Waals surface area contributed by atoms with E-state index in [9.17, 15) is 9.59 Å². The molecular formula is C30H30N4O2S. The van der Waals surface area contributed by atoms with Gasteiger partial charge in [-0.05, 0) is 55.5 Å². The molecule has 0 fully saturated rings. The Labute approximate surface area is 221 Å². The molecule has 2 amide bonds. The van der Waals surface area contributed by atoms with Crippen molar-refractivity contribution in [2.75, 3.05) is 6.54 Å². The molecule has 6 nitrogen and oxygen atoms in total. The number of aliphatic imine (C=N–C) groups is 2. The zero-order valence-electron chi connectivity index (χ0n) is 21.1. The van der Waals surface area contributed by atoms with Crippen molar-refractivity contribution in [3.05, 3.63) is 101 Å². The van der Waals surface area contributed by atoms with Crippen molar-refractivity contribution in [1.29, 1.82) is 0 Å². The fraction of sp³-hybridized carbons (Fsp3) is 0.267. The SMILES string of the molecule is Cc1ccc(CSC2=Nc3ccccc3C3=NC(=O)C(CCC(=O)NCCc4ccccc4)N23)c(C)c1. The molecule has 0 spiro atoms. The van der Waals surface area contributed by atoms with E-state index in [4.69, 9.17) is 4.99 Å². The highest BCUT2D eigenvalue weighted by Crippen LogP contribution is 2.36. The molecule has 3 aromatic carbocycles. The van der Waals surface area contributed by atoms with Gasteiger partial charge < -0.3 is 5.32 Å². The fourth-order valence-electron chi connectivity index (χ4n) is 4.67. The quantitative estimate of drug-likeness (QED) is 0.444. The standard InChI is InChI=1S/C30H30N4O2S/c1-20-12-13-23(21(2)18-20)19-37-30-32-25-11-7-6-10-24(25)28-33-29(36)26(34(28)30)14-15-27(35)31-17-16-22-8-4-3-5-9-22/h3-13,18,26H,14-17,19H2,1-2H3,(H,31,35). The van der Waals surface area contributed by atoms with Crippen molar-refractivity contribution in [2.45, 2.75) is 44.9 Å². The smallest absolute Gasteiger partial charge is 0.270 e. The summed E-state index contributed by atoms with van der Waals surface area (Å²) in [5.74, 6) is 1.09. The van der Waals surface area contributed by atoms with Crippen LogP contribution in [-0.4, -0.2) is 40.3 Å². The molecule has 0 aromatic heterocycles. The molecule has 1 N–H and O–H groups in total. The molecule has 188 valence electrons. The molecule has 0 radical (unpaired) electrons. The van der Waals surface area contributed by atoms with Gasteiger partial charge in [0.25, 0.3) is 5.91 Å². The highest BCUT2D eigenvalue weighted by Gasteiger charge is 2.41. The van der Waals surface area contributed by atoms with Crippen molar-refractivity contribution in [3.63, 3.8) is 0 Å². The number of fused-ring (bicyclic) bond motifs is 3. The van der Waals surface area contributed by atoms with Gasteiger partial charge in [0.15, 0.2) is 5.17 Å². The van der Waals surface area contributed by atoms with Gasteiger partial charge in [0.2, 0.25) is 5.91 Å². The summed E-state index contributed by atoms with van der Waals surface area (Å²) in [6.07, 6.45) is 1.41. The summed E-state index contributed by atoms with van der Waals surface area (Å²) in [7, 11) is 0. The summed E-state index contributed by atoms with van der Waals surface area (Å²) in [6, 6.07) is 23.7. The number of benzene rings is 3. The number of hydrogen-bond donors (Lipinski definition) is 1. The molecule has 37 heavy (non-hydrogen) atoms. The second-order valence-electron chi connectivity index (χ2n) is 9.41. The van der Waals surface area contributed by atoms with E-state index < -0.39 is 6.04 Å². The summed E-state index contributed by atoms with van der Waals surface area (Å²) >= 11 is 1.60. The van der Waals surface area contributed by atoms with Crippen molar-refractivity contribution < 1.29 is 9.59 Å². The van der Waals surface area contributed by atoms with E-state index >= 15 is 0 Å². The zero-order chi connectivity index (χ0) is 25.8. The van der Waals surface area contributed by atoms with Gasteiger partial charge in [-0.3, -0.25) is 14.5 Å². The monoisotopic (exact) mass is 510 g/mol. The first-order valence-corrected chi connectivity index (χ1v) is 13.6. The molecule has 2 aliphatic rings. The van der Waals surface area contributed by atoms with E-state index in [1.165, 1.54) is 22.3 Å². The van der Waals surface area contributed by atoms with E-state index in [1.807, 2.05) is 59.5 Å². The highest BCUT2D eigenvalue weighted by atomic mass is 32.2. The number of amides is 2. The van der Waals surface area contributed by atoms with Gasteiger partial charge in [0.05, 0.1) is 5.69 Å². The minimum Gasteiger partial charge on any atom is -0.356 e. The molecule has 5 rings (SSSR count). The Morgan fingerprint density at radius 1 is 1.00 bits per heavy atom. The summed E-state index contributed by atoms with van der Waals surface area (Å²) in [5.41, 5.74) is 6.54. The van der Waals surface area contributed by atoms with Gasteiger partial charge in [-0.2, -0.15) is 4.99 Å². The van der Waals surface area contributed by atoms with Crippen LogP contribution < -0.4 is 5.32 Å². The van der Waals surface area contributed by atoms with Crippen molar-refractivity contribution >= 4 is 40.3 Å². The number of carbonyl (C=O) groups excluding carboxylic acids is 2. The summed E-state index contributed by atoms with van der Waals surface area (Å²) in [5, 5.41) is 3.73. The van der Waals surface area contributed by atoms with Crippen molar-refractivity contribution in [1.82, 2.24) is 10.2 Å². The number of amidine groups is 2. The van der Waals surface area contributed by atoms with E-state index in [0.717, 1.165) is 28.6 Å². The van der Waals surface area contributed by atoms with Crippen LogP contribution >= 0.6 is 11.8 Å². The Kier molecular flexibility index (Phi) is 7.51. The number of nitrogens with one attached hydrogen (secondary N) is 1. The fourth-order valence-corrected chi connectivity index (χ4v) is 5.80. The third-order valence-corrected chi connectivity index (χ3v) is 7.69. The molecule has 1 unspecified atom stereocenters. The van der Waals surface area contributed by atoms with Gasteiger partial charge in [-0.15, -0.1) is 0 Å². The van der Waals surface area contributed by atoms with Gasteiger partial charge in [0.1, 0.15) is 11.9 Å². The van der Waals surface area contributed by atoms with Crippen LogP contribution in [0.2, 0.25) is 0 Å². The molecule has 2 heterocycles. The third-order valence-electron chi connectivity index (χ3n) is 6.69. The summed E-state index contributed by atoms with van der Waals surface area (Å²) in [6.45, 7) is 4.78. The second kappa shape index (κ2) is 11.1. The Morgan fingerprint density at radius 2 is 1.78 bits per heavy atom. The number of carbonyl (C=O) groups is 2. The topological polar surface area (TPSA) is 74.1 Å². The predicted octanol–water partition coefficient (Wildman–Crippen LogP) is 5.33. The van der Waals surface area contributed by atoms with Gasteiger partial charge in [-0.1, -0.05) is 78.0 Å². The second-order valence-corrected chi connectivity index (χ2v) is 10.4. The van der Waals surface area contributed by atoms with Crippen molar-refractivity contribution in [3.8, 4) is 0 Å². The first-order chi connectivity index (χ1) is 18.0. The number of nitrogens with zero attached hydrogens (tertiary/aromatic N) is 3. The van der Waals surface area contributed by atoms with Crippen LogP contribution in [-0.2, 0) is 21.8 Å². The average Bonchev–Trinajstić information content (AvgIpc) is 3.23. The number of aryl methyl sites for hydroxylation is 2. The Hall–Kier alpha value is -3.71. The first-order valence-electron chi connectivity index (χ1n) is 12.6. The lowest BCUT2D eigenvalue weighted by atomic mass is 10.1. The predicted molar refractivity (Wildman–Crippen MR) is 150 cm³/mol. The number of para-hydroxylation sites is 1. The van der Waals surface area contributed by atoms with Gasteiger partial charge in [-0.25, -0.2) is 4.99 Å². The van der Waals surface area contributed by atoms with E-state index in [1.54, 1.807) is 11.8 Å². The van der Waals surface area contributed by atoms with E-state index in [0.29, 0.717) is 18.8 Å². The van der Waals surface area contributed by atoms with E-state index in [2.05, 4.69) is 42.4 Å². The minimum atomic E-state index is -0.534. The summed E-state index contributed by atoms with van der Waals surface area (Å²) < 4.78 is 0. The third kappa shape index (κ3) is 5.67. The molecule has 1 atom stereocenters. The Bertz CT molecular complexity index is 1380. The normalized spacial score (nSPS) is 16.1. The Morgan fingerprint density at radius 3 is 2.59 bits per heavy atom. The number of rotatable bonds is 8. The number of hydrogen-bond acceptors (Lipinski definition) is 5. The first kappa shape index (κ1) is 25.0. The lowest BCUT2D eigenvalue weighted by molar-refractivity contribution is -0.122. The molecule has 2 aliphatic heterocycles. The molecular weight excluding hydrogens is 480 g/mol. The maximum atomic E-state index is 13.0. The summed E-state index contributed by atoms with van der Waals surface area (Å²) in [4.78, 5) is 36.9. The van der Waals surface area contributed by atoms with Gasteiger partial charge in [0, 0.05) is 24.3 Å². The van der Waals surface area contributed by atoms with Crippen molar-refractivity contribution in [2.24, 2.45) is 9.98 Å². The van der Waals surface area contributed by atoms with E-state index in [-0.39, 0.29) is 18.2 Å². The number of thioether (sulfide) groups is 1. The molecule has 3 aromatic rings. The molecule has 0 bridgehead atoms. The van der Waals surface area contributed by atoms with Crippen LogP contribution in [0.1, 0.15) is 40.7 Å². The maximum absolute atomic E-state index is 13.0. The molecule has 0 saturated carbocycles.